The molecule has 0 atom stereocenters. The van der Waals surface area contributed by atoms with Crippen LogP contribution in [0.2, 0.25) is 0 Å². The van der Waals surface area contributed by atoms with Gasteiger partial charge >= 0.3 is 0 Å². The van der Waals surface area contributed by atoms with Gasteiger partial charge in [-0.2, -0.15) is 0 Å². The lowest BCUT2D eigenvalue weighted by Crippen LogP contribution is -2.63. The number of anilines is 6. The second-order valence-corrected chi connectivity index (χ2v) is 31.2. The molecule has 2 aliphatic carbocycles. The summed E-state index contributed by atoms with van der Waals surface area (Å²) in [7, 11) is 0. The van der Waals surface area contributed by atoms with Crippen LogP contribution in [0.3, 0.4) is 0 Å². The molecule has 0 saturated heterocycles. The molecule has 1 spiro atoms. The number of fused-ring (bicyclic) bond motifs is 21. The van der Waals surface area contributed by atoms with Gasteiger partial charge in [-0.1, -0.05) is 284 Å². The highest BCUT2D eigenvalue weighted by molar-refractivity contribution is 7.02. The first-order chi connectivity index (χ1) is 55.2. The Morgan fingerprint density at radius 2 is 0.755 bits per heavy atom. The molecule has 15 aromatic carbocycles. The Bertz CT molecular complexity index is 6850. The van der Waals surface area contributed by atoms with E-state index in [2.05, 4.69) is 294 Å². The lowest BCUT2D eigenvalue weighted by Gasteiger charge is -2.45. The highest BCUT2D eigenvalue weighted by atomic mass is 16.5. The van der Waals surface area contributed by atoms with E-state index in [1.165, 1.54) is 50.1 Å². The molecule has 5 heterocycles. The fourth-order valence-electron chi connectivity index (χ4n) is 18.8. The Morgan fingerprint density at radius 3 is 1.27 bits per heavy atom. The summed E-state index contributed by atoms with van der Waals surface area (Å²) in [6.07, 6.45) is 0. The maximum atomic E-state index is 9.86. The van der Waals surface area contributed by atoms with Gasteiger partial charge in [0.2, 0.25) is 0 Å². The van der Waals surface area contributed by atoms with Crippen molar-refractivity contribution in [3.8, 4) is 84.3 Å². The predicted molar refractivity (Wildman–Crippen MR) is 442 cm³/mol. The molecule has 0 fully saturated rings. The molecule has 6 aliphatic rings. The first kappa shape index (κ1) is 53.3. The second kappa shape index (κ2) is 22.2. The zero-order valence-corrected chi connectivity index (χ0v) is 59.3. The van der Waals surface area contributed by atoms with E-state index >= 15 is 0 Å². The molecular formula is C99H71B2N3O2. The Labute approximate surface area is 630 Å². The van der Waals surface area contributed by atoms with Crippen molar-refractivity contribution in [3.63, 3.8) is 0 Å². The van der Waals surface area contributed by atoms with Crippen LogP contribution in [-0.4, -0.2) is 18.0 Å². The zero-order valence-electron chi connectivity index (χ0n) is 67.3. The Kier molecular flexibility index (Phi) is 11.2. The van der Waals surface area contributed by atoms with Crippen molar-refractivity contribution in [1.29, 1.82) is 0 Å². The number of hydrogen-bond donors (Lipinski definition) is 0. The van der Waals surface area contributed by atoms with Crippen LogP contribution in [0.1, 0.15) is 85.9 Å². The van der Waals surface area contributed by atoms with Crippen LogP contribution in [0.25, 0.3) is 83.1 Å². The highest BCUT2D eigenvalue weighted by Gasteiger charge is 2.54. The summed E-state index contributed by atoms with van der Waals surface area (Å²) in [4.78, 5) is 4.90. The van der Waals surface area contributed by atoms with Gasteiger partial charge in [0, 0.05) is 50.7 Å². The predicted octanol–water partition coefficient (Wildman–Crippen LogP) is 21.5. The van der Waals surface area contributed by atoms with E-state index in [1.54, 1.807) is 4.57 Å². The zero-order chi connectivity index (χ0) is 77.6. The van der Waals surface area contributed by atoms with Crippen molar-refractivity contribution < 1.29 is 20.4 Å². The van der Waals surface area contributed by atoms with E-state index in [-0.39, 0.29) is 32.6 Å². The number of rotatable bonds is 6. The van der Waals surface area contributed by atoms with Crippen LogP contribution < -0.4 is 52.1 Å². The van der Waals surface area contributed by atoms with Crippen LogP contribution in [0.4, 0.5) is 34.1 Å². The molecular weight excluding hydrogens is 1280 g/mol. The summed E-state index contributed by atoms with van der Waals surface area (Å²) in [5.41, 5.74) is 28.4. The summed E-state index contributed by atoms with van der Waals surface area (Å²) in [5, 5.41) is -0.0302. The number of aromatic nitrogens is 1. The van der Waals surface area contributed by atoms with Crippen molar-refractivity contribution in [3.05, 3.63) is 355 Å². The van der Waals surface area contributed by atoms with Gasteiger partial charge in [0.25, 0.3) is 13.4 Å². The second-order valence-electron chi connectivity index (χ2n) is 31.2. The van der Waals surface area contributed by atoms with E-state index < -0.39 is 67.2 Å². The minimum atomic E-state index is -0.685. The maximum Gasteiger partial charge on any atom is 0.256 e. The smallest absolute Gasteiger partial charge is 0.256 e. The SMILES string of the molecule is [2H]c1c([2H])c([2H])c2c(c1[2H])c1c([2H])c([2H])c([2H])c([2H])c1n2-c1cc2c3c(c1)N(c1ccc(C(C)(C)C)cc1-c1ccccc1)c1cc4c(cc1B3c1ccccc1O2)B1c2ccccc2Oc2cc(-c3cccc5c3C3(c6ccccc6-c6ccccc63)c3ccccc3-5)cc(c21)N4c1ccc(C(C)(C)C)cc1-c1ccccc1. The van der Waals surface area contributed by atoms with Crippen molar-refractivity contribution >= 4 is 102 Å². The number of ether oxygens (including phenoxy) is 2. The quantitative estimate of drug-likeness (QED) is 0.155. The monoisotopic (exact) mass is 1360 g/mol. The molecule has 4 aliphatic heterocycles. The van der Waals surface area contributed by atoms with E-state index in [1.807, 2.05) is 30.3 Å². The summed E-state index contributed by atoms with van der Waals surface area (Å²) < 4.78 is 92.3. The topological polar surface area (TPSA) is 29.9 Å². The largest absolute Gasteiger partial charge is 0.458 e. The molecule has 1 aromatic heterocycles. The average molecular weight is 1360 g/mol. The van der Waals surface area contributed by atoms with Crippen LogP contribution in [0.5, 0.6) is 23.0 Å². The lowest BCUT2D eigenvalue weighted by molar-refractivity contribution is 0.487. The summed E-state index contributed by atoms with van der Waals surface area (Å²) in [6.45, 7) is 12.6. The average Bonchev–Trinajstić information content (AvgIpc) is 1.47. The third-order valence-electron chi connectivity index (χ3n) is 23.5. The minimum absolute atomic E-state index is 0.00812. The Morgan fingerprint density at radius 1 is 0.321 bits per heavy atom. The van der Waals surface area contributed by atoms with Gasteiger partial charge < -0.3 is 23.8 Å². The van der Waals surface area contributed by atoms with E-state index in [9.17, 15) is 8.22 Å². The van der Waals surface area contributed by atoms with E-state index in [0.29, 0.717) is 22.9 Å². The maximum absolute atomic E-state index is 9.86. The van der Waals surface area contributed by atoms with Gasteiger partial charge in [0.05, 0.1) is 44.5 Å². The van der Waals surface area contributed by atoms with Crippen molar-refractivity contribution in [2.24, 2.45) is 0 Å². The summed E-state index contributed by atoms with van der Waals surface area (Å²) >= 11 is 0. The molecule has 0 radical (unpaired) electrons. The number of para-hydroxylation sites is 4. The molecule has 5 nitrogen and oxygen atoms in total. The normalized spacial score (nSPS) is 15.2. The molecule has 7 heteroatoms. The van der Waals surface area contributed by atoms with Gasteiger partial charge in [0.15, 0.2) is 0 Å². The fourth-order valence-corrected chi connectivity index (χ4v) is 18.8. The molecule has 16 aromatic rings. The molecule has 0 bridgehead atoms. The van der Waals surface area contributed by atoms with Crippen LogP contribution in [0.15, 0.2) is 321 Å². The van der Waals surface area contributed by atoms with E-state index in [4.69, 9.17) is 12.2 Å². The van der Waals surface area contributed by atoms with Gasteiger partial charge in [-0.15, -0.1) is 0 Å². The first-order valence-electron chi connectivity index (χ1n) is 40.7. The van der Waals surface area contributed by atoms with Crippen LogP contribution in [0, 0.1) is 0 Å². The van der Waals surface area contributed by atoms with Crippen LogP contribution in [-0.2, 0) is 16.2 Å². The molecule has 106 heavy (non-hydrogen) atoms. The molecule has 0 unspecified atom stereocenters. The number of hydrogen-bond acceptors (Lipinski definition) is 4. The van der Waals surface area contributed by atoms with Gasteiger partial charge in [-0.3, -0.25) is 0 Å². The van der Waals surface area contributed by atoms with Crippen molar-refractivity contribution in [1.82, 2.24) is 4.57 Å². The highest BCUT2D eigenvalue weighted by Crippen LogP contribution is 2.65. The van der Waals surface area contributed by atoms with E-state index in [0.717, 1.165) is 112 Å². The summed E-state index contributed by atoms with van der Waals surface area (Å²) in [6, 6.07) is 95.6. The van der Waals surface area contributed by atoms with Crippen molar-refractivity contribution in [2.45, 2.75) is 57.8 Å². The molecule has 0 saturated carbocycles. The minimum Gasteiger partial charge on any atom is -0.458 e. The third kappa shape index (κ3) is 8.51. The molecule has 0 amide bonds. The van der Waals surface area contributed by atoms with Gasteiger partial charge in [0.1, 0.15) is 23.0 Å². The molecule has 500 valence electrons. The molecule has 22 rings (SSSR count). The summed E-state index contributed by atoms with van der Waals surface area (Å²) in [5.74, 6) is 2.61. The molecule has 0 N–H and O–H groups in total. The van der Waals surface area contributed by atoms with Crippen LogP contribution >= 0.6 is 0 Å². The first-order valence-corrected chi connectivity index (χ1v) is 36.7. The Hall–Kier alpha value is -12.6. The van der Waals surface area contributed by atoms with Gasteiger partial charge in [-0.05, 0) is 194 Å². The number of nitrogens with zero attached hydrogens (tertiary/aromatic N) is 3. The Balaban J connectivity index is 0.892. The third-order valence-corrected chi connectivity index (χ3v) is 23.5. The standard InChI is InChI=1S/C99H71B2N3O2/c1-97(2,3)63-48-50-84(73(54-63)60-28-9-7-10-29-60)103-86-59-87-81(58-80(86)100-78-42-21-25-46-90(78)105-92-53-62(52-88(103)95(92)100)66-37-27-38-72-69-34-15-20-41-77(69)99(94(66)72)75-39-18-13-32-67(75)68-33-14-19-40-76(68)99)101-79-43-22-26-47-91(79)106-93-57-65(102-82-44-23-16-35-70(82)71-36-17-24-45-83(71)102)56-89(96(93)101)104(87)85-51-49-64(98(4,5)6)55-74(85)61-30-11-8-12-31-61/h7-59H,1-6H3/i16D,17D,23D,24D,35D,36D,44D,45D. The fraction of sp³-hybridized carbons (Fsp3) is 0.0909. The van der Waals surface area contributed by atoms with Crippen molar-refractivity contribution in [2.75, 3.05) is 9.80 Å². The van der Waals surface area contributed by atoms with Gasteiger partial charge in [-0.25, -0.2) is 0 Å². The number of benzene rings is 15. The lowest BCUT2D eigenvalue weighted by atomic mass is 9.31.